The van der Waals surface area contributed by atoms with Gasteiger partial charge in [-0.3, -0.25) is 9.56 Å². The Balaban J connectivity index is 1.45. The summed E-state index contributed by atoms with van der Waals surface area (Å²) in [7, 11) is 1.76. The second kappa shape index (κ2) is 10.1. The minimum Gasteiger partial charge on any atom is -0.356 e. The average molecular weight is 417 g/mol. The topological polar surface area (TPSA) is 67.1 Å². The summed E-state index contributed by atoms with van der Waals surface area (Å²) in [6.45, 7) is 1.43. The van der Waals surface area contributed by atoms with E-state index in [1.165, 1.54) is 0 Å². The molecule has 2 N–H and O–H groups in total. The van der Waals surface area contributed by atoms with Gasteiger partial charge in [0.25, 0.3) is 0 Å². The highest BCUT2D eigenvalue weighted by molar-refractivity contribution is 6.35. The zero-order chi connectivity index (χ0) is 19.8. The van der Waals surface area contributed by atoms with E-state index in [4.69, 9.17) is 23.2 Å². The van der Waals surface area contributed by atoms with E-state index >= 15 is 0 Å². The second-order valence-electron chi connectivity index (χ2n) is 6.18. The molecule has 1 aromatic carbocycles. The molecule has 2 aromatic heterocycles. The van der Waals surface area contributed by atoms with Gasteiger partial charge in [-0.15, -0.1) is 0 Å². The van der Waals surface area contributed by atoms with Crippen LogP contribution in [-0.2, 0) is 13.0 Å². The number of nitrogens with one attached hydrogen (secondary N) is 2. The summed E-state index contributed by atoms with van der Waals surface area (Å²) >= 11 is 12.1. The number of halogens is 2. The van der Waals surface area contributed by atoms with Crippen molar-refractivity contribution in [3.63, 3.8) is 0 Å². The Morgan fingerprint density at radius 3 is 2.79 bits per heavy atom. The Bertz CT molecular complexity index is 924. The van der Waals surface area contributed by atoms with Gasteiger partial charge >= 0.3 is 0 Å². The summed E-state index contributed by atoms with van der Waals surface area (Å²) in [5, 5.41) is 8.01. The quantitative estimate of drug-likeness (QED) is 0.348. The highest BCUT2D eigenvalue weighted by Crippen LogP contribution is 2.21. The Hall–Kier alpha value is -2.57. The number of imidazole rings is 1. The molecule has 0 amide bonds. The summed E-state index contributed by atoms with van der Waals surface area (Å²) < 4.78 is 1.87. The molecular weight excluding hydrogens is 395 g/mol. The van der Waals surface area contributed by atoms with Crippen LogP contribution in [-0.4, -0.2) is 34.1 Å². The lowest BCUT2D eigenvalue weighted by molar-refractivity contribution is 0.741. The number of pyridine rings is 1. The molecule has 146 valence electrons. The van der Waals surface area contributed by atoms with Crippen LogP contribution in [0.1, 0.15) is 17.5 Å². The van der Waals surface area contributed by atoms with Crippen molar-refractivity contribution in [3.8, 4) is 5.82 Å². The molecule has 0 fully saturated rings. The SMILES string of the molecule is CN=C(NCCCc1ccc(Cl)cc1Cl)NCc1ccnc(-n2ccnc2)c1. The van der Waals surface area contributed by atoms with Crippen LogP contribution in [0.4, 0.5) is 0 Å². The van der Waals surface area contributed by atoms with Gasteiger partial charge in [-0.1, -0.05) is 29.3 Å². The van der Waals surface area contributed by atoms with Gasteiger partial charge in [0, 0.05) is 48.8 Å². The molecule has 2 heterocycles. The molecule has 0 aliphatic heterocycles. The lowest BCUT2D eigenvalue weighted by Crippen LogP contribution is -2.37. The van der Waals surface area contributed by atoms with Gasteiger partial charge in [0.05, 0.1) is 0 Å². The lowest BCUT2D eigenvalue weighted by atomic mass is 10.1. The first-order valence-electron chi connectivity index (χ1n) is 8.97. The van der Waals surface area contributed by atoms with Crippen molar-refractivity contribution in [1.29, 1.82) is 0 Å². The maximum atomic E-state index is 6.21. The van der Waals surface area contributed by atoms with Crippen molar-refractivity contribution >= 4 is 29.2 Å². The summed E-state index contributed by atoms with van der Waals surface area (Å²) in [5.41, 5.74) is 2.20. The summed E-state index contributed by atoms with van der Waals surface area (Å²) in [5.74, 6) is 1.59. The molecule has 3 aromatic rings. The first-order chi connectivity index (χ1) is 13.7. The number of hydrogen-bond acceptors (Lipinski definition) is 3. The lowest BCUT2D eigenvalue weighted by Gasteiger charge is -2.13. The molecule has 6 nitrogen and oxygen atoms in total. The van der Waals surface area contributed by atoms with Crippen LogP contribution in [0.15, 0.2) is 60.2 Å². The maximum absolute atomic E-state index is 6.21. The van der Waals surface area contributed by atoms with Crippen LogP contribution in [0.3, 0.4) is 0 Å². The standard InChI is InChI=1S/C20H22Cl2N6/c1-23-20(26-7-2-3-16-4-5-17(21)12-18(16)22)27-13-15-6-8-25-19(11-15)28-10-9-24-14-28/h4-6,8-12,14H,2-3,7,13H2,1H3,(H2,23,26,27). The van der Waals surface area contributed by atoms with E-state index < -0.39 is 0 Å². The van der Waals surface area contributed by atoms with E-state index in [0.717, 1.165) is 42.3 Å². The minimum atomic E-state index is 0.646. The van der Waals surface area contributed by atoms with Crippen molar-refractivity contribution in [2.75, 3.05) is 13.6 Å². The highest BCUT2D eigenvalue weighted by Gasteiger charge is 2.04. The number of rotatable bonds is 7. The predicted molar refractivity (Wildman–Crippen MR) is 114 cm³/mol. The fraction of sp³-hybridized carbons (Fsp3) is 0.250. The Labute approximate surface area is 174 Å². The molecule has 28 heavy (non-hydrogen) atoms. The van der Waals surface area contributed by atoms with Crippen molar-refractivity contribution in [2.24, 2.45) is 4.99 Å². The van der Waals surface area contributed by atoms with Gasteiger partial charge in [-0.2, -0.15) is 0 Å². The van der Waals surface area contributed by atoms with E-state index in [2.05, 4.69) is 25.6 Å². The number of aromatic nitrogens is 3. The van der Waals surface area contributed by atoms with Crippen LogP contribution in [0, 0.1) is 0 Å². The smallest absolute Gasteiger partial charge is 0.191 e. The van der Waals surface area contributed by atoms with Crippen molar-refractivity contribution in [3.05, 3.63) is 76.4 Å². The van der Waals surface area contributed by atoms with E-state index in [1.807, 2.05) is 35.0 Å². The van der Waals surface area contributed by atoms with Gasteiger partial charge in [0.1, 0.15) is 12.1 Å². The first-order valence-corrected chi connectivity index (χ1v) is 9.73. The highest BCUT2D eigenvalue weighted by atomic mass is 35.5. The predicted octanol–water partition coefficient (Wildman–Crippen LogP) is 3.87. The van der Waals surface area contributed by atoms with Crippen molar-refractivity contribution < 1.29 is 0 Å². The molecule has 0 atom stereocenters. The number of hydrogen-bond donors (Lipinski definition) is 2. The second-order valence-corrected chi connectivity index (χ2v) is 7.03. The van der Waals surface area contributed by atoms with Crippen molar-refractivity contribution in [1.82, 2.24) is 25.2 Å². The molecule has 0 saturated carbocycles. The van der Waals surface area contributed by atoms with Gasteiger partial charge in [-0.05, 0) is 48.2 Å². The van der Waals surface area contributed by atoms with Gasteiger partial charge in [0.15, 0.2) is 5.96 Å². The zero-order valence-corrected chi connectivity index (χ0v) is 17.1. The molecule has 0 spiro atoms. The third kappa shape index (κ3) is 5.71. The fourth-order valence-corrected chi connectivity index (χ4v) is 3.23. The van der Waals surface area contributed by atoms with Gasteiger partial charge in [-0.25, -0.2) is 9.97 Å². The monoisotopic (exact) mass is 416 g/mol. The zero-order valence-electron chi connectivity index (χ0n) is 15.6. The largest absolute Gasteiger partial charge is 0.356 e. The Kier molecular flexibility index (Phi) is 7.28. The molecule has 0 aliphatic rings. The van der Waals surface area contributed by atoms with Crippen LogP contribution < -0.4 is 10.6 Å². The molecule has 0 unspecified atom stereocenters. The molecular formula is C20H22Cl2N6. The average Bonchev–Trinajstić information content (AvgIpc) is 3.24. The summed E-state index contributed by atoms with van der Waals surface area (Å²) in [6.07, 6.45) is 8.93. The normalized spacial score (nSPS) is 11.5. The fourth-order valence-electron chi connectivity index (χ4n) is 2.72. The number of guanidine groups is 1. The maximum Gasteiger partial charge on any atom is 0.191 e. The third-order valence-electron chi connectivity index (χ3n) is 4.19. The van der Waals surface area contributed by atoms with E-state index in [0.29, 0.717) is 16.6 Å². The first kappa shape index (κ1) is 20.2. The van der Waals surface area contributed by atoms with E-state index in [9.17, 15) is 0 Å². The summed E-state index contributed by atoms with van der Waals surface area (Å²) in [4.78, 5) is 12.7. The van der Waals surface area contributed by atoms with Gasteiger partial charge < -0.3 is 10.6 Å². The number of nitrogens with zero attached hydrogens (tertiary/aromatic N) is 4. The Morgan fingerprint density at radius 1 is 1.14 bits per heavy atom. The van der Waals surface area contributed by atoms with Crippen LogP contribution in [0.25, 0.3) is 5.82 Å². The van der Waals surface area contributed by atoms with Crippen LogP contribution >= 0.6 is 23.2 Å². The number of benzene rings is 1. The molecule has 0 radical (unpaired) electrons. The van der Waals surface area contributed by atoms with E-state index in [-0.39, 0.29) is 0 Å². The van der Waals surface area contributed by atoms with Crippen molar-refractivity contribution in [2.45, 2.75) is 19.4 Å². The van der Waals surface area contributed by atoms with E-state index in [1.54, 1.807) is 31.8 Å². The summed E-state index contributed by atoms with van der Waals surface area (Å²) in [6, 6.07) is 9.61. The minimum absolute atomic E-state index is 0.646. The molecule has 3 rings (SSSR count). The third-order valence-corrected chi connectivity index (χ3v) is 4.78. The Morgan fingerprint density at radius 2 is 2.04 bits per heavy atom. The molecule has 0 bridgehead atoms. The van der Waals surface area contributed by atoms with Crippen LogP contribution in [0.5, 0.6) is 0 Å². The molecule has 0 aliphatic carbocycles. The molecule has 8 heteroatoms. The number of aliphatic imine (C=N–C) groups is 1. The van der Waals surface area contributed by atoms with Gasteiger partial charge in [0.2, 0.25) is 0 Å². The number of aryl methyl sites for hydroxylation is 1. The van der Waals surface area contributed by atoms with Crippen LogP contribution in [0.2, 0.25) is 10.0 Å². The molecule has 0 saturated heterocycles.